The summed E-state index contributed by atoms with van der Waals surface area (Å²) in [5.41, 5.74) is 3.17. The minimum absolute atomic E-state index is 0.232. The Morgan fingerprint density at radius 1 is 1.22 bits per heavy atom. The highest BCUT2D eigenvalue weighted by Crippen LogP contribution is 2.21. The summed E-state index contributed by atoms with van der Waals surface area (Å²) in [6.07, 6.45) is 5.55. The molecular weight excluding hydrogens is 296 g/mol. The third kappa shape index (κ3) is 2.69. The summed E-state index contributed by atoms with van der Waals surface area (Å²) >= 11 is 0. The molecule has 0 aliphatic rings. The van der Waals surface area contributed by atoms with Crippen LogP contribution in [-0.4, -0.2) is 45.8 Å². The maximum atomic E-state index is 12.0. The molecule has 0 aliphatic heterocycles. The number of benzene rings is 1. The van der Waals surface area contributed by atoms with Gasteiger partial charge < -0.3 is 0 Å². The fourth-order valence-corrected chi connectivity index (χ4v) is 2.23. The second-order valence-corrected chi connectivity index (χ2v) is 4.86. The van der Waals surface area contributed by atoms with Gasteiger partial charge in [-0.2, -0.15) is 0 Å². The Bertz CT molecular complexity index is 871. The van der Waals surface area contributed by atoms with Gasteiger partial charge in [-0.1, -0.05) is 12.1 Å². The van der Waals surface area contributed by atoms with E-state index in [0.717, 1.165) is 16.3 Å². The number of carbonyl (C=O) groups is 2. The maximum absolute atomic E-state index is 12.0. The van der Waals surface area contributed by atoms with Crippen molar-refractivity contribution in [1.29, 1.82) is 0 Å². The lowest BCUT2D eigenvalue weighted by molar-refractivity contribution is -0.0756. The van der Waals surface area contributed by atoms with Gasteiger partial charge in [0.1, 0.15) is 5.69 Å². The number of imidazole rings is 1. The Kier molecular flexibility index (Phi) is 3.86. The van der Waals surface area contributed by atoms with E-state index in [-0.39, 0.29) is 5.91 Å². The molecule has 0 atom stereocenters. The first-order valence-corrected chi connectivity index (χ1v) is 6.85. The average molecular weight is 310 g/mol. The highest BCUT2D eigenvalue weighted by molar-refractivity contribution is 5.93. The van der Waals surface area contributed by atoms with Crippen LogP contribution in [0.2, 0.25) is 0 Å². The molecule has 2 aromatic heterocycles. The third-order valence-corrected chi connectivity index (χ3v) is 3.52. The van der Waals surface area contributed by atoms with Gasteiger partial charge in [-0.3, -0.25) is 18.8 Å². The molecule has 0 fully saturated rings. The highest BCUT2D eigenvalue weighted by atomic mass is 16.7. The molecule has 0 saturated carbocycles. The zero-order valence-corrected chi connectivity index (χ0v) is 12.6. The van der Waals surface area contributed by atoms with Crippen LogP contribution in [0.4, 0.5) is 0 Å². The smallest absolute Gasteiger partial charge is 0.277 e. The van der Waals surface area contributed by atoms with E-state index in [2.05, 4.69) is 9.97 Å². The fourth-order valence-electron chi connectivity index (χ4n) is 2.23. The number of carbonyl (C=O) groups excluding carboxylic acids is 2. The number of aldehydes is 1. The minimum atomic E-state index is -0.232. The number of hydrogen-bond acceptors (Lipinski definition) is 5. The fraction of sp³-hybridized carbons (Fsp3) is 0.125. The van der Waals surface area contributed by atoms with Gasteiger partial charge in [-0.05, 0) is 12.1 Å². The molecule has 116 valence electrons. The minimum Gasteiger partial charge on any atom is -0.296 e. The SMILES string of the molecule is CON(C)C(=O)c1ccc(-c2cnc3cnc(C=O)cn23)cc1. The number of nitrogens with zero attached hydrogens (tertiary/aromatic N) is 4. The third-order valence-electron chi connectivity index (χ3n) is 3.52. The summed E-state index contributed by atoms with van der Waals surface area (Å²) in [4.78, 5) is 36.0. The van der Waals surface area contributed by atoms with Crippen LogP contribution in [-0.2, 0) is 4.84 Å². The van der Waals surface area contributed by atoms with Crippen molar-refractivity contribution in [3.8, 4) is 11.3 Å². The molecule has 0 radical (unpaired) electrons. The van der Waals surface area contributed by atoms with E-state index < -0.39 is 0 Å². The molecule has 7 heteroatoms. The van der Waals surface area contributed by atoms with E-state index in [1.54, 1.807) is 42.2 Å². The molecule has 3 rings (SSSR count). The maximum Gasteiger partial charge on any atom is 0.277 e. The molecule has 1 aromatic carbocycles. The molecule has 23 heavy (non-hydrogen) atoms. The molecule has 0 aliphatic carbocycles. The average Bonchev–Trinajstić information content (AvgIpc) is 3.03. The molecular formula is C16H14N4O3. The van der Waals surface area contributed by atoms with Crippen molar-refractivity contribution >= 4 is 17.8 Å². The monoisotopic (exact) mass is 310 g/mol. The number of fused-ring (bicyclic) bond motifs is 1. The van der Waals surface area contributed by atoms with E-state index in [4.69, 9.17) is 4.84 Å². The van der Waals surface area contributed by atoms with Crippen LogP contribution in [0, 0.1) is 0 Å². The van der Waals surface area contributed by atoms with Crippen LogP contribution in [0.5, 0.6) is 0 Å². The second kappa shape index (κ2) is 5.98. The van der Waals surface area contributed by atoms with Gasteiger partial charge in [-0.25, -0.2) is 15.0 Å². The van der Waals surface area contributed by atoms with Gasteiger partial charge >= 0.3 is 0 Å². The zero-order chi connectivity index (χ0) is 16.4. The first-order chi connectivity index (χ1) is 11.1. The number of hydroxylamine groups is 2. The topological polar surface area (TPSA) is 76.8 Å². The summed E-state index contributed by atoms with van der Waals surface area (Å²) in [5, 5.41) is 1.16. The van der Waals surface area contributed by atoms with E-state index in [0.29, 0.717) is 23.2 Å². The van der Waals surface area contributed by atoms with E-state index in [1.165, 1.54) is 7.11 Å². The Hall–Kier alpha value is -3.06. The van der Waals surface area contributed by atoms with Crippen LogP contribution in [0.25, 0.3) is 16.9 Å². The van der Waals surface area contributed by atoms with Crippen LogP contribution in [0.15, 0.2) is 42.9 Å². The quantitative estimate of drug-likeness (QED) is 0.543. The first-order valence-electron chi connectivity index (χ1n) is 6.85. The Labute approximate surface area is 132 Å². The van der Waals surface area contributed by atoms with Crippen molar-refractivity contribution in [3.05, 3.63) is 54.1 Å². The van der Waals surface area contributed by atoms with Crippen molar-refractivity contribution in [2.75, 3.05) is 14.2 Å². The molecule has 1 amide bonds. The highest BCUT2D eigenvalue weighted by Gasteiger charge is 2.12. The lowest BCUT2D eigenvalue weighted by Gasteiger charge is -2.13. The van der Waals surface area contributed by atoms with Gasteiger partial charge in [-0.15, -0.1) is 0 Å². The predicted molar refractivity (Wildman–Crippen MR) is 82.9 cm³/mol. The van der Waals surface area contributed by atoms with Crippen LogP contribution < -0.4 is 0 Å². The molecule has 0 spiro atoms. The van der Waals surface area contributed by atoms with Gasteiger partial charge in [0.15, 0.2) is 11.9 Å². The summed E-state index contributed by atoms with van der Waals surface area (Å²) in [5.74, 6) is -0.232. The standard InChI is InChI=1S/C16H14N4O3/c1-19(23-2)16(22)12-5-3-11(4-6-12)14-7-18-15-8-17-13(10-21)9-20(14)15/h3-10H,1-2H3. The Balaban J connectivity index is 1.99. The summed E-state index contributed by atoms with van der Waals surface area (Å²) in [7, 11) is 2.98. The van der Waals surface area contributed by atoms with Gasteiger partial charge in [0.25, 0.3) is 5.91 Å². The van der Waals surface area contributed by atoms with Crippen LogP contribution in [0.1, 0.15) is 20.8 Å². The summed E-state index contributed by atoms with van der Waals surface area (Å²) in [6.45, 7) is 0. The molecule has 0 unspecified atom stereocenters. The number of hydrogen-bond donors (Lipinski definition) is 0. The normalized spacial score (nSPS) is 10.7. The summed E-state index contributed by atoms with van der Waals surface area (Å²) in [6, 6.07) is 7.07. The van der Waals surface area contributed by atoms with E-state index in [1.807, 2.05) is 12.1 Å². The van der Waals surface area contributed by atoms with Crippen molar-refractivity contribution in [3.63, 3.8) is 0 Å². The molecule has 7 nitrogen and oxygen atoms in total. The lowest BCUT2D eigenvalue weighted by Crippen LogP contribution is -2.25. The molecule has 2 heterocycles. The van der Waals surface area contributed by atoms with Crippen molar-refractivity contribution < 1.29 is 14.4 Å². The molecule has 0 N–H and O–H groups in total. The predicted octanol–water partition coefficient (Wildman–Crippen LogP) is 1.84. The van der Waals surface area contributed by atoms with Crippen molar-refractivity contribution in [2.45, 2.75) is 0 Å². The number of amides is 1. The van der Waals surface area contributed by atoms with Gasteiger partial charge in [0, 0.05) is 24.4 Å². The first kappa shape index (κ1) is 14.9. The van der Waals surface area contributed by atoms with E-state index in [9.17, 15) is 9.59 Å². The lowest BCUT2D eigenvalue weighted by atomic mass is 10.1. The van der Waals surface area contributed by atoms with Crippen LogP contribution >= 0.6 is 0 Å². The summed E-state index contributed by atoms with van der Waals surface area (Å²) < 4.78 is 1.79. The van der Waals surface area contributed by atoms with Gasteiger partial charge in [0.05, 0.1) is 25.2 Å². The second-order valence-electron chi connectivity index (χ2n) is 4.86. The number of aromatic nitrogens is 3. The number of rotatable bonds is 4. The molecule has 0 bridgehead atoms. The van der Waals surface area contributed by atoms with Crippen molar-refractivity contribution in [1.82, 2.24) is 19.4 Å². The Morgan fingerprint density at radius 2 is 1.96 bits per heavy atom. The van der Waals surface area contributed by atoms with E-state index >= 15 is 0 Å². The van der Waals surface area contributed by atoms with Crippen molar-refractivity contribution in [2.24, 2.45) is 0 Å². The molecule has 3 aromatic rings. The Morgan fingerprint density at radius 3 is 2.61 bits per heavy atom. The zero-order valence-electron chi connectivity index (χ0n) is 12.6. The largest absolute Gasteiger partial charge is 0.296 e. The van der Waals surface area contributed by atoms with Crippen LogP contribution in [0.3, 0.4) is 0 Å². The van der Waals surface area contributed by atoms with Gasteiger partial charge in [0.2, 0.25) is 0 Å². The molecule has 0 saturated heterocycles.